The Hall–Kier alpha value is -3.55. The minimum absolute atomic E-state index is 0.0478. The van der Waals surface area contributed by atoms with Crippen LogP contribution in [0, 0.1) is 52.5 Å². The summed E-state index contributed by atoms with van der Waals surface area (Å²) in [7, 11) is 0. The predicted molar refractivity (Wildman–Crippen MR) is 110 cm³/mol. The Morgan fingerprint density at radius 2 is 1.77 bits per heavy atom. The zero-order chi connectivity index (χ0) is 21.4. The highest BCUT2D eigenvalue weighted by Gasteiger charge is 2.67. The van der Waals surface area contributed by atoms with Gasteiger partial charge in [0.15, 0.2) is 0 Å². The summed E-state index contributed by atoms with van der Waals surface area (Å²) in [5, 5.41) is 16.5. The first-order chi connectivity index (χ1) is 14.9. The minimum atomic E-state index is -0.450. The molecule has 2 bridgehead atoms. The number of hydrazone groups is 1. The number of benzene rings is 1. The maximum absolute atomic E-state index is 13.0. The van der Waals surface area contributed by atoms with E-state index in [4.69, 9.17) is 4.42 Å². The lowest BCUT2D eigenvalue weighted by atomic mass is 9.63. The van der Waals surface area contributed by atoms with Crippen LogP contribution >= 0.6 is 0 Å². The first kappa shape index (κ1) is 18.2. The van der Waals surface area contributed by atoms with Crippen molar-refractivity contribution in [2.45, 2.75) is 13.3 Å². The average molecular weight is 417 g/mol. The van der Waals surface area contributed by atoms with E-state index in [9.17, 15) is 19.7 Å². The molecular weight excluding hydrogens is 398 g/mol. The summed E-state index contributed by atoms with van der Waals surface area (Å²) in [6.45, 7) is 1.78. The van der Waals surface area contributed by atoms with Gasteiger partial charge in [0.2, 0.25) is 0 Å². The van der Waals surface area contributed by atoms with Gasteiger partial charge in [-0.2, -0.15) is 10.1 Å². The number of hydrogen-bond donors (Lipinski definition) is 0. The summed E-state index contributed by atoms with van der Waals surface area (Å²) in [5.74, 6) is 0.922. The number of amides is 2. The van der Waals surface area contributed by atoms with Crippen LogP contribution in [0.3, 0.4) is 0 Å². The molecule has 8 nitrogen and oxygen atoms in total. The number of allylic oxidation sites excluding steroid dienone is 2. The summed E-state index contributed by atoms with van der Waals surface area (Å²) in [5.41, 5.74) is 1.09. The number of nitro benzene ring substituents is 1. The molecular formula is C23H19N3O5. The highest BCUT2D eigenvalue weighted by molar-refractivity contribution is 6.06. The summed E-state index contributed by atoms with van der Waals surface area (Å²) < 4.78 is 5.71. The zero-order valence-electron chi connectivity index (χ0n) is 16.7. The van der Waals surface area contributed by atoms with Crippen LogP contribution in [0.4, 0.5) is 5.69 Å². The standard InChI is InChI=1S/C23H19N3O5/c1-11-2-4-15(18(8-11)26(29)30)19-7-3-12(31-19)10-24-25-22(27)20-13-5-6-14(17-9-16(13)17)21(20)23(25)28/h2-8,10,13-14,16-17,20-21H,9H2,1H3/b24-10-/t13-,14-,16-,17-,20-,21+/m1/s1. The first-order valence-corrected chi connectivity index (χ1v) is 10.4. The van der Waals surface area contributed by atoms with E-state index in [1.54, 1.807) is 31.2 Å². The first-order valence-electron chi connectivity index (χ1n) is 10.4. The average Bonchev–Trinajstić information content (AvgIpc) is 3.39. The summed E-state index contributed by atoms with van der Waals surface area (Å²) in [6, 6.07) is 8.13. The number of nitro groups is 1. The molecule has 1 aromatic heterocycles. The van der Waals surface area contributed by atoms with Crippen LogP contribution < -0.4 is 0 Å². The van der Waals surface area contributed by atoms with Crippen LogP contribution in [0.1, 0.15) is 17.7 Å². The van der Waals surface area contributed by atoms with Gasteiger partial charge in [-0.1, -0.05) is 18.2 Å². The van der Waals surface area contributed by atoms with Gasteiger partial charge in [-0.05, 0) is 60.8 Å². The molecule has 1 aliphatic heterocycles. The Labute approximate surface area is 177 Å². The molecule has 0 unspecified atom stereocenters. The van der Waals surface area contributed by atoms with Gasteiger partial charge in [-0.25, -0.2) is 0 Å². The van der Waals surface area contributed by atoms with Crippen LogP contribution in [-0.2, 0) is 9.59 Å². The lowest BCUT2D eigenvalue weighted by Crippen LogP contribution is -2.40. The molecule has 5 aliphatic rings. The van der Waals surface area contributed by atoms with Crippen molar-refractivity contribution < 1.29 is 18.9 Å². The second-order valence-corrected chi connectivity index (χ2v) is 8.87. The van der Waals surface area contributed by atoms with Gasteiger partial charge >= 0.3 is 0 Å². The van der Waals surface area contributed by atoms with Crippen LogP contribution in [-0.4, -0.2) is 28.0 Å². The van der Waals surface area contributed by atoms with E-state index in [2.05, 4.69) is 17.3 Å². The SMILES string of the molecule is Cc1ccc(-c2ccc(/C=N\N3C(=O)[C@@H]4[C@@H]5C=C[C@H]([C@H]6C[C@H]56)[C@@H]4C3=O)o2)c([N+](=O)[O-])c1. The fraction of sp³-hybridized carbons (Fsp3) is 0.348. The minimum Gasteiger partial charge on any atom is -0.455 e. The molecule has 0 spiro atoms. The fourth-order valence-corrected chi connectivity index (χ4v) is 5.74. The molecule has 4 aliphatic carbocycles. The second-order valence-electron chi connectivity index (χ2n) is 8.87. The van der Waals surface area contributed by atoms with Crippen molar-refractivity contribution in [1.82, 2.24) is 5.01 Å². The number of aryl methyl sites for hydroxylation is 1. The number of furan rings is 1. The molecule has 3 fully saturated rings. The Morgan fingerprint density at radius 1 is 1.10 bits per heavy atom. The maximum atomic E-state index is 13.0. The molecule has 0 N–H and O–H groups in total. The van der Waals surface area contributed by atoms with Crippen molar-refractivity contribution >= 4 is 23.7 Å². The van der Waals surface area contributed by atoms with Crippen molar-refractivity contribution in [2.24, 2.45) is 40.6 Å². The van der Waals surface area contributed by atoms with Crippen LogP contribution in [0.5, 0.6) is 0 Å². The normalized spacial score (nSPS) is 32.6. The third kappa shape index (κ3) is 2.57. The predicted octanol–water partition coefficient (Wildman–Crippen LogP) is 3.55. The third-order valence-electron chi connectivity index (χ3n) is 7.18. The molecule has 7 rings (SSSR count). The lowest BCUT2D eigenvalue weighted by molar-refractivity contribution is -0.384. The van der Waals surface area contributed by atoms with E-state index >= 15 is 0 Å². The van der Waals surface area contributed by atoms with E-state index in [1.807, 2.05) is 0 Å². The smallest absolute Gasteiger partial charge is 0.280 e. The van der Waals surface area contributed by atoms with Crippen LogP contribution in [0.2, 0.25) is 0 Å². The van der Waals surface area contributed by atoms with E-state index in [-0.39, 0.29) is 41.2 Å². The van der Waals surface area contributed by atoms with Crippen molar-refractivity contribution in [2.75, 3.05) is 0 Å². The maximum Gasteiger partial charge on any atom is 0.280 e. The molecule has 2 aromatic rings. The summed E-state index contributed by atoms with van der Waals surface area (Å²) >= 11 is 0. The molecule has 1 aromatic carbocycles. The molecule has 2 heterocycles. The number of carbonyl (C=O) groups excluding carboxylic acids is 2. The zero-order valence-corrected chi connectivity index (χ0v) is 16.7. The van der Waals surface area contributed by atoms with E-state index < -0.39 is 4.92 Å². The van der Waals surface area contributed by atoms with Crippen molar-refractivity contribution in [3.05, 3.63) is 63.9 Å². The van der Waals surface area contributed by atoms with Crippen molar-refractivity contribution in [1.29, 1.82) is 0 Å². The van der Waals surface area contributed by atoms with Gasteiger partial charge in [0.1, 0.15) is 11.5 Å². The Kier molecular flexibility index (Phi) is 3.66. The monoisotopic (exact) mass is 417 g/mol. The Morgan fingerprint density at radius 3 is 2.42 bits per heavy atom. The Bertz CT molecular complexity index is 1180. The molecule has 31 heavy (non-hydrogen) atoms. The van der Waals surface area contributed by atoms with Gasteiger partial charge in [0, 0.05) is 6.07 Å². The Balaban J connectivity index is 1.26. The molecule has 2 saturated carbocycles. The second kappa shape index (κ2) is 6.23. The molecule has 0 radical (unpaired) electrons. The third-order valence-corrected chi connectivity index (χ3v) is 7.18. The number of nitrogens with zero attached hydrogens (tertiary/aromatic N) is 3. The largest absolute Gasteiger partial charge is 0.455 e. The molecule has 6 atom stereocenters. The fourth-order valence-electron chi connectivity index (χ4n) is 5.74. The van der Waals surface area contributed by atoms with E-state index in [0.29, 0.717) is 28.9 Å². The molecule has 2 amide bonds. The lowest BCUT2D eigenvalue weighted by Gasteiger charge is -2.37. The van der Waals surface area contributed by atoms with E-state index in [0.717, 1.165) is 17.0 Å². The summed E-state index contributed by atoms with van der Waals surface area (Å²) in [6.07, 6.45) is 6.67. The topological polar surface area (TPSA) is 106 Å². The van der Waals surface area contributed by atoms with Gasteiger partial charge in [0.25, 0.3) is 17.5 Å². The highest BCUT2D eigenvalue weighted by atomic mass is 16.6. The van der Waals surface area contributed by atoms with Gasteiger partial charge in [0.05, 0.1) is 28.5 Å². The number of carbonyl (C=O) groups is 2. The molecule has 8 heteroatoms. The number of imide groups is 1. The van der Waals surface area contributed by atoms with Gasteiger partial charge in [-0.15, -0.1) is 0 Å². The number of rotatable bonds is 4. The molecule has 156 valence electrons. The van der Waals surface area contributed by atoms with Crippen LogP contribution in [0.15, 0.2) is 52.0 Å². The van der Waals surface area contributed by atoms with Crippen molar-refractivity contribution in [3.8, 4) is 11.3 Å². The van der Waals surface area contributed by atoms with Crippen molar-refractivity contribution in [3.63, 3.8) is 0 Å². The summed E-state index contributed by atoms with van der Waals surface area (Å²) in [4.78, 5) is 36.8. The molecule has 1 saturated heterocycles. The highest BCUT2D eigenvalue weighted by Crippen LogP contribution is 2.65. The van der Waals surface area contributed by atoms with Gasteiger partial charge in [-0.3, -0.25) is 19.7 Å². The number of hydrogen-bond acceptors (Lipinski definition) is 6. The van der Waals surface area contributed by atoms with E-state index in [1.165, 1.54) is 12.3 Å². The quantitative estimate of drug-likeness (QED) is 0.249. The van der Waals surface area contributed by atoms with Gasteiger partial charge < -0.3 is 4.42 Å². The van der Waals surface area contributed by atoms with Crippen LogP contribution in [0.25, 0.3) is 11.3 Å².